The molecule has 3 aromatic rings. The third kappa shape index (κ3) is 2.85. The first kappa shape index (κ1) is 15.4. The van der Waals surface area contributed by atoms with Crippen LogP contribution in [0, 0.1) is 0 Å². The molecule has 24 heavy (non-hydrogen) atoms. The third-order valence-electron chi connectivity index (χ3n) is 4.40. The number of methoxy groups -OCH3 is 1. The average molecular weight is 339 g/mol. The second-order valence-electron chi connectivity index (χ2n) is 5.84. The van der Waals surface area contributed by atoms with Gasteiger partial charge < -0.3 is 19.9 Å². The van der Waals surface area contributed by atoms with Crippen molar-refractivity contribution in [2.45, 2.75) is 9.79 Å². The maximum absolute atomic E-state index is 5.45. The number of nitrogens with zero attached hydrogens (tertiary/aromatic N) is 1. The number of hydrogen-bond acceptors (Lipinski definition) is 4. The Morgan fingerprint density at radius 3 is 2.67 bits per heavy atom. The summed E-state index contributed by atoms with van der Waals surface area (Å²) >= 11 is 1.81. The van der Waals surface area contributed by atoms with Crippen molar-refractivity contribution in [2.24, 2.45) is 0 Å². The van der Waals surface area contributed by atoms with Crippen LogP contribution >= 0.6 is 11.8 Å². The number of ether oxygens (including phenoxy) is 1. The summed E-state index contributed by atoms with van der Waals surface area (Å²) in [5.41, 5.74) is 2.38. The Kier molecular flexibility index (Phi) is 4.36. The molecule has 1 aromatic heterocycles. The molecule has 0 aliphatic carbocycles. The van der Waals surface area contributed by atoms with Crippen molar-refractivity contribution in [3.63, 3.8) is 0 Å². The van der Waals surface area contributed by atoms with E-state index in [9.17, 15) is 0 Å². The van der Waals surface area contributed by atoms with Crippen LogP contribution < -0.4 is 15.0 Å². The highest BCUT2D eigenvalue weighted by Gasteiger charge is 2.16. The van der Waals surface area contributed by atoms with E-state index in [0.29, 0.717) is 0 Å². The zero-order valence-electron chi connectivity index (χ0n) is 13.7. The summed E-state index contributed by atoms with van der Waals surface area (Å²) in [6, 6.07) is 14.8. The fourth-order valence-corrected chi connectivity index (χ4v) is 4.27. The van der Waals surface area contributed by atoms with Crippen LogP contribution in [0.1, 0.15) is 0 Å². The lowest BCUT2D eigenvalue weighted by molar-refractivity contribution is 0.419. The predicted molar refractivity (Wildman–Crippen MR) is 100 cm³/mol. The van der Waals surface area contributed by atoms with Crippen molar-refractivity contribution in [3.8, 4) is 5.75 Å². The molecule has 4 rings (SSSR count). The Labute approximate surface area is 146 Å². The maximum atomic E-state index is 5.45. The van der Waals surface area contributed by atoms with Gasteiger partial charge in [-0.05, 0) is 18.2 Å². The van der Waals surface area contributed by atoms with E-state index in [4.69, 9.17) is 4.74 Å². The van der Waals surface area contributed by atoms with E-state index in [2.05, 4.69) is 51.7 Å². The molecule has 0 saturated carbocycles. The lowest BCUT2D eigenvalue weighted by Crippen LogP contribution is -2.43. The molecule has 1 aliphatic rings. The van der Waals surface area contributed by atoms with Gasteiger partial charge in [0.15, 0.2) is 0 Å². The van der Waals surface area contributed by atoms with Gasteiger partial charge in [0.25, 0.3) is 0 Å². The molecule has 1 saturated heterocycles. The number of rotatable bonds is 4. The lowest BCUT2D eigenvalue weighted by Gasteiger charge is -2.30. The van der Waals surface area contributed by atoms with Crippen LogP contribution in [0.2, 0.25) is 0 Å². The molecule has 0 bridgehead atoms. The molecule has 124 valence electrons. The molecule has 2 aromatic carbocycles. The zero-order valence-corrected chi connectivity index (χ0v) is 14.5. The fraction of sp³-hybridized carbons (Fsp3) is 0.263. The van der Waals surface area contributed by atoms with Crippen LogP contribution in [0.15, 0.2) is 58.5 Å². The zero-order chi connectivity index (χ0) is 16.4. The number of nitrogens with one attached hydrogen (secondary N) is 2. The number of benzene rings is 2. The monoisotopic (exact) mass is 339 g/mol. The van der Waals surface area contributed by atoms with Gasteiger partial charge in [-0.25, -0.2) is 0 Å². The smallest absolute Gasteiger partial charge is 0.142 e. The number of para-hydroxylation sites is 2. The molecule has 0 amide bonds. The van der Waals surface area contributed by atoms with E-state index in [1.807, 2.05) is 23.9 Å². The molecule has 5 heteroatoms. The van der Waals surface area contributed by atoms with Gasteiger partial charge in [0.1, 0.15) is 5.75 Å². The van der Waals surface area contributed by atoms with Gasteiger partial charge in [0.2, 0.25) is 0 Å². The second-order valence-corrected chi connectivity index (χ2v) is 6.93. The molecule has 2 N–H and O–H groups in total. The minimum absolute atomic E-state index is 0.884. The molecule has 0 atom stereocenters. The number of aromatic nitrogens is 1. The van der Waals surface area contributed by atoms with Gasteiger partial charge in [-0.2, -0.15) is 0 Å². The summed E-state index contributed by atoms with van der Waals surface area (Å²) < 4.78 is 5.45. The van der Waals surface area contributed by atoms with Gasteiger partial charge in [-0.1, -0.05) is 36.0 Å². The van der Waals surface area contributed by atoms with Gasteiger partial charge >= 0.3 is 0 Å². The highest BCUT2D eigenvalue weighted by atomic mass is 32.2. The van der Waals surface area contributed by atoms with E-state index in [-0.39, 0.29) is 0 Å². The van der Waals surface area contributed by atoms with E-state index in [0.717, 1.165) is 37.4 Å². The average Bonchev–Trinajstić information content (AvgIpc) is 3.06. The van der Waals surface area contributed by atoms with Crippen molar-refractivity contribution in [3.05, 3.63) is 48.7 Å². The summed E-state index contributed by atoms with van der Waals surface area (Å²) in [5.74, 6) is 0.884. The van der Waals surface area contributed by atoms with Crippen molar-refractivity contribution >= 4 is 28.4 Å². The standard InChI is InChI=1S/C19H21N3OS/c1-23-16-7-4-5-14-18(13-21-19(14)16)24-17-8-3-2-6-15(17)22-11-9-20-10-12-22/h2-8,13,20-21H,9-12H2,1H3. The van der Waals surface area contributed by atoms with Crippen molar-refractivity contribution < 1.29 is 4.74 Å². The fourth-order valence-electron chi connectivity index (χ4n) is 3.18. The molecular formula is C19H21N3OS. The SMILES string of the molecule is COc1cccc2c(Sc3ccccc3N3CCNCC3)c[nH]c12. The van der Waals surface area contributed by atoms with Gasteiger partial charge in [0.05, 0.1) is 18.3 Å². The Bertz CT molecular complexity index is 839. The van der Waals surface area contributed by atoms with Crippen LogP contribution in [0.3, 0.4) is 0 Å². The number of hydrogen-bond donors (Lipinski definition) is 2. The van der Waals surface area contributed by atoms with Crippen molar-refractivity contribution in [1.82, 2.24) is 10.3 Å². The van der Waals surface area contributed by atoms with Crippen LogP contribution in [0.4, 0.5) is 5.69 Å². The molecule has 0 radical (unpaired) electrons. The predicted octanol–water partition coefficient (Wildman–Crippen LogP) is 3.74. The quantitative estimate of drug-likeness (QED) is 0.760. The summed E-state index contributed by atoms with van der Waals surface area (Å²) in [6.45, 7) is 4.20. The van der Waals surface area contributed by atoms with Crippen molar-refractivity contribution in [1.29, 1.82) is 0 Å². The number of fused-ring (bicyclic) bond motifs is 1. The highest BCUT2D eigenvalue weighted by Crippen LogP contribution is 2.40. The Morgan fingerprint density at radius 1 is 1.00 bits per heavy atom. The number of piperazine rings is 1. The van der Waals surface area contributed by atoms with Crippen LogP contribution in [-0.4, -0.2) is 38.3 Å². The van der Waals surface area contributed by atoms with Gasteiger partial charge in [-0.3, -0.25) is 0 Å². The van der Waals surface area contributed by atoms with E-state index < -0.39 is 0 Å². The van der Waals surface area contributed by atoms with E-state index in [1.165, 1.54) is 20.9 Å². The van der Waals surface area contributed by atoms with Crippen LogP contribution in [0.5, 0.6) is 5.75 Å². The van der Waals surface area contributed by atoms with E-state index >= 15 is 0 Å². The summed E-state index contributed by atoms with van der Waals surface area (Å²) in [4.78, 5) is 8.35. The molecule has 1 fully saturated rings. The normalized spacial score (nSPS) is 15.0. The van der Waals surface area contributed by atoms with Gasteiger partial charge in [-0.15, -0.1) is 0 Å². The first-order valence-corrected chi connectivity index (χ1v) is 9.05. The maximum Gasteiger partial charge on any atom is 0.142 e. The molecule has 0 unspecified atom stereocenters. The summed E-state index contributed by atoms with van der Waals surface area (Å²) in [5, 5.41) is 4.62. The van der Waals surface area contributed by atoms with Crippen LogP contribution in [-0.2, 0) is 0 Å². The summed E-state index contributed by atoms with van der Waals surface area (Å²) in [6.07, 6.45) is 2.08. The first-order valence-electron chi connectivity index (χ1n) is 8.23. The minimum Gasteiger partial charge on any atom is -0.495 e. The lowest BCUT2D eigenvalue weighted by atomic mass is 10.2. The Balaban J connectivity index is 1.69. The molecule has 1 aliphatic heterocycles. The Hall–Kier alpha value is -2.11. The van der Waals surface area contributed by atoms with Gasteiger partial charge in [0, 0.05) is 47.6 Å². The number of anilines is 1. The molecular weight excluding hydrogens is 318 g/mol. The largest absolute Gasteiger partial charge is 0.495 e. The van der Waals surface area contributed by atoms with Crippen molar-refractivity contribution in [2.75, 3.05) is 38.2 Å². The number of H-pyrrole nitrogens is 1. The number of aromatic amines is 1. The minimum atomic E-state index is 0.884. The first-order chi connectivity index (χ1) is 11.9. The molecule has 2 heterocycles. The van der Waals surface area contributed by atoms with E-state index in [1.54, 1.807) is 7.11 Å². The summed E-state index contributed by atoms with van der Waals surface area (Å²) in [7, 11) is 1.71. The highest BCUT2D eigenvalue weighted by molar-refractivity contribution is 7.99. The molecule has 4 nitrogen and oxygen atoms in total. The Morgan fingerprint density at radius 2 is 1.83 bits per heavy atom. The third-order valence-corrected chi connectivity index (χ3v) is 5.52. The van der Waals surface area contributed by atoms with Crippen LogP contribution in [0.25, 0.3) is 10.9 Å². The second kappa shape index (κ2) is 6.79. The molecule has 0 spiro atoms. The topological polar surface area (TPSA) is 40.3 Å².